The number of aromatic amines is 1. The highest BCUT2D eigenvalue weighted by Crippen LogP contribution is 1.90. The normalized spacial score (nSPS) is 10.0. The minimum Gasteiger partial charge on any atom is -0.324 e. The summed E-state index contributed by atoms with van der Waals surface area (Å²) in [5, 5.41) is 6.61. The zero-order valence-corrected chi connectivity index (χ0v) is 5.39. The van der Waals surface area contributed by atoms with Gasteiger partial charge in [0.05, 0.1) is 6.54 Å². The van der Waals surface area contributed by atoms with Crippen molar-refractivity contribution in [1.82, 2.24) is 15.2 Å². The Bertz CT molecular complexity index is 162. The standard InChI is InChI=1S/C5H10N4/c1-2-4-7-5(3-6)9-8-4/h2-3,6H2,1H3,(H,7,8,9). The number of rotatable bonds is 2. The number of aromatic nitrogens is 3. The van der Waals surface area contributed by atoms with Crippen molar-refractivity contribution in [2.45, 2.75) is 19.9 Å². The van der Waals surface area contributed by atoms with Crippen molar-refractivity contribution < 1.29 is 0 Å². The molecule has 4 nitrogen and oxygen atoms in total. The summed E-state index contributed by atoms with van der Waals surface area (Å²) < 4.78 is 0. The quantitative estimate of drug-likeness (QED) is 0.578. The molecule has 0 saturated carbocycles. The van der Waals surface area contributed by atoms with Crippen molar-refractivity contribution in [2.24, 2.45) is 5.73 Å². The van der Waals surface area contributed by atoms with Gasteiger partial charge in [-0.3, -0.25) is 5.10 Å². The maximum absolute atomic E-state index is 5.28. The number of hydrogen-bond donors (Lipinski definition) is 2. The van der Waals surface area contributed by atoms with E-state index in [1.165, 1.54) is 0 Å². The Morgan fingerprint density at radius 2 is 2.44 bits per heavy atom. The predicted molar refractivity (Wildman–Crippen MR) is 33.7 cm³/mol. The lowest BCUT2D eigenvalue weighted by Gasteiger charge is -1.80. The van der Waals surface area contributed by atoms with Gasteiger partial charge < -0.3 is 5.73 Å². The van der Waals surface area contributed by atoms with Crippen molar-refractivity contribution in [3.05, 3.63) is 11.6 Å². The molecule has 0 radical (unpaired) electrons. The Balaban J connectivity index is 2.74. The SMILES string of the molecule is CCc1n[nH]c(CN)n1. The molecule has 0 aromatic carbocycles. The molecular formula is C5H10N4. The maximum Gasteiger partial charge on any atom is 0.150 e. The van der Waals surface area contributed by atoms with Gasteiger partial charge >= 0.3 is 0 Å². The fourth-order valence-electron chi connectivity index (χ4n) is 0.584. The summed E-state index contributed by atoms with van der Waals surface area (Å²) >= 11 is 0. The first-order valence-corrected chi connectivity index (χ1v) is 2.97. The zero-order chi connectivity index (χ0) is 6.69. The molecule has 0 fully saturated rings. The fraction of sp³-hybridized carbons (Fsp3) is 0.600. The monoisotopic (exact) mass is 126 g/mol. The van der Waals surface area contributed by atoms with E-state index in [1.54, 1.807) is 0 Å². The van der Waals surface area contributed by atoms with E-state index in [0.717, 1.165) is 18.1 Å². The molecule has 0 unspecified atom stereocenters. The third-order valence-electron chi connectivity index (χ3n) is 1.09. The Hall–Kier alpha value is -0.900. The highest BCUT2D eigenvalue weighted by molar-refractivity contribution is 4.88. The van der Waals surface area contributed by atoms with Gasteiger partial charge in [0.2, 0.25) is 0 Å². The highest BCUT2D eigenvalue weighted by Gasteiger charge is 1.95. The second-order valence-electron chi connectivity index (χ2n) is 1.76. The predicted octanol–water partition coefficient (Wildman–Crippen LogP) is -0.174. The van der Waals surface area contributed by atoms with Gasteiger partial charge in [-0.1, -0.05) is 6.92 Å². The average Bonchev–Trinajstić information content (AvgIpc) is 2.34. The Morgan fingerprint density at radius 1 is 1.67 bits per heavy atom. The second kappa shape index (κ2) is 2.59. The molecule has 0 aliphatic heterocycles. The van der Waals surface area contributed by atoms with Crippen LogP contribution in [0.15, 0.2) is 0 Å². The van der Waals surface area contributed by atoms with E-state index in [9.17, 15) is 0 Å². The second-order valence-corrected chi connectivity index (χ2v) is 1.76. The van der Waals surface area contributed by atoms with E-state index < -0.39 is 0 Å². The van der Waals surface area contributed by atoms with Gasteiger partial charge in [-0.15, -0.1) is 0 Å². The molecule has 0 spiro atoms. The van der Waals surface area contributed by atoms with Crippen molar-refractivity contribution >= 4 is 0 Å². The maximum atomic E-state index is 5.28. The van der Waals surface area contributed by atoms with Crippen molar-refractivity contribution in [3.8, 4) is 0 Å². The van der Waals surface area contributed by atoms with Crippen LogP contribution in [0.3, 0.4) is 0 Å². The van der Waals surface area contributed by atoms with Crippen LogP contribution in [0.2, 0.25) is 0 Å². The van der Waals surface area contributed by atoms with Gasteiger partial charge in [0.25, 0.3) is 0 Å². The average molecular weight is 126 g/mol. The van der Waals surface area contributed by atoms with Gasteiger partial charge in [0, 0.05) is 6.42 Å². The van der Waals surface area contributed by atoms with E-state index >= 15 is 0 Å². The van der Waals surface area contributed by atoms with Crippen molar-refractivity contribution in [2.75, 3.05) is 0 Å². The van der Waals surface area contributed by atoms with Gasteiger partial charge in [-0.25, -0.2) is 4.98 Å². The number of hydrogen-bond acceptors (Lipinski definition) is 3. The third-order valence-corrected chi connectivity index (χ3v) is 1.09. The Kier molecular flexibility index (Phi) is 1.79. The van der Waals surface area contributed by atoms with Crippen molar-refractivity contribution in [3.63, 3.8) is 0 Å². The first-order chi connectivity index (χ1) is 4.36. The molecule has 0 amide bonds. The fourth-order valence-corrected chi connectivity index (χ4v) is 0.584. The van der Waals surface area contributed by atoms with Crippen LogP contribution in [0.1, 0.15) is 18.6 Å². The molecule has 9 heavy (non-hydrogen) atoms. The van der Waals surface area contributed by atoms with E-state index in [4.69, 9.17) is 5.73 Å². The number of aryl methyl sites for hydroxylation is 1. The van der Waals surface area contributed by atoms with Crippen LogP contribution in [-0.4, -0.2) is 15.2 Å². The molecule has 0 atom stereocenters. The topological polar surface area (TPSA) is 67.6 Å². The van der Waals surface area contributed by atoms with E-state index in [1.807, 2.05) is 6.92 Å². The van der Waals surface area contributed by atoms with Crippen molar-refractivity contribution in [1.29, 1.82) is 0 Å². The number of H-pyrrole nitrogens is 1. The van der Waals surface area contributed by atoms with Gasteiger partial charge in [0.1, 0.15) is 11.6 Å². The molecule has 0 aliphatic carbocycles. The summed E-state index contributed by atoms with van der Waals surface area (Å²) in [5.41, 5.74) is 5.28. The first-order valence-electron chi connectivity index (χ1n) is 2.97. The Morgan fingerprint density at radius 3 is 2.78 bits per heavy atom. The summed E-state index contributed by atoms with van der Waals surface area (Å²) in [7, 11) is 0. The molecule has 4 heteroatoms. The minimum atomic E-state index is 0.438. The van der Waals surface area contributed by atoms with Crippen LogP contribution < -0.4 is 5.73 Å². The first kappa shape index (κ1) is 6.22. The molecule has 0 saturated heterocycles. The van der Waals surface area contributed by atoms with Crippen LogP contribution >= 0.6 is 0 Å². The molecule has 3 N–H and O–H groups in total. The van der Waals surface area contributed by atoms with Crippen LogP contribution in [0, 0.1) is 0 Å². The molecule has 50 valence electrons. The molecule has 1 aromatic rings. The molecule has 1 rings (SSSR count). The molecule has 0 bridgehead atoms. The van der Waals surface area contributed by atoms with Crippen LogP contribution in [0.25, 0.3) is 0 Å². The summed E-state index contributed by atoms with van der Waals surface area (Å²) in [6, 6.07) is 0. The minimum absolute atomic E-state index is 0.438. The summed E-state index contributed by atoms with van der Waals surface area (Å²) in [5.74, 6) is 1.59. The number of nitrogens with two attached hydrogens (primary N) is 1. The lowest BCUT2D eigenvalue weighted by Crippen LogP contribution is -1.98. The van der Waals surface area contributed by atoms with E-state index in [0.29, 0.717) is 6.54 Å². The van der Waals surface area contributed by atoms with E-state index in [2.05, 4.69) is 15.2 Å². The Labute approximate surface area is 53.5 Å². The van der Waals surface area contributed by atoms with Gasteiger partial charge in [-0.2, -0.15) is 5.10 Å². The molecule has 1 aromatic heterocycles. The summed E-state index contributed by atoms with van der Waals surface area (Å²) in [6.07, 6.45) is 0.858. The van der Waals surface area contributed by atoms with Crippen LogP contribution in [0.5, 0.6) is 0 Å². The zero-order valence-electron chi connectivity index (χ0n) is 5.39. The number of nitrogens with one attached hydrogen (secondary N) is 1. The third kappa shape index (κ3) is 1.26. The van der Waals surface area contributed by atoms with E-state index in [-0.39, 0.29) is 0 Å². The highest BCUT2D eigenvalue weighted by atomic mass is 15.2. The van der Waals surface area contributed by atoms with Gasteiger partial charge in [0.15, 0.2) is 0 Å². The number of nitrogens with zero attached hydrogens (tertiary/aromatic N) is 2. The summed E-state index contributed by atoms with van der Waals surface area (Å²) in [6.45, 7) is 2.44. The molecular weight excluding hydrogens is 116 g/mol. The van der Waals surface area contributed by atoms with Crippen LogP contribution in [0.4, 0.5) is 0 Å². The molecule has 0 aliphatic rings. The van der Waals surface area contributed by atoms with Crippen LogP contribution in [-0.2, 0) is 13.0 Å². The lowest BCUT2D eigenvalue weighted by atomic mass is 10.5. The summed E-state index contributed by atoms with van der Waals surface area (Å²) in [4.78, 5) is 4.06. The smallest absolute Gasteiger partial charge is 0.150 e. The molecule has 1 heterocycles. The lowest BCUT2D eigenvalue weighted by molar-refractivity contribution is 0.915. The van der Waals surface area contributed by atoms with Gasteiger partial charge in [-0.05, 0) is 0 Å². The largest absolute Gasteiger partial charge is 0.324 e.